The van der Waals surface area contributed by atoms with Gasteiger partial charge in [0.2, 0.25) is 0 Å². The molecule has 1 unspecified atom stereocenters. The number of aryl methyl sites for hydroxylation is 1. The molecule has 9 nitrogen and oxygen atoms in total. The summed E-state index contributed by atoms with van der Waals surface area (Å²) in [5.41, 5.74) is 3.93. The van der Waals surface area contributed by atoms with Gasteiger partial charge in [-0.1, -0.05) is 0 Å². The van der Waals surface area contributed by atoms with E-state index in [1.165, 1.54) is 16.8 Å². The molecule has 2 N–H and O–H groups in total. The van der Waals surface area contributed by atoms with Gasteiger partial charge < -0.3 is 14.9 Å². The molecule has 190 valence electrons. The quantitative estimate of drug-likeness (QED) is 0.616. The molecular weight excluding hydrogens is 478 g/mol. The molecule has 0 aromatic carbocycles. The Morgan fingerprint density at radius 2 is 1.59 bits per heavy atom. The Morgan fingerprint density at radius 1 is 1.09 bits per heavy atom. The molecule has 2 aromatic heterocycles. The molecule has 0 spiro atoms. The van der Waals surface area contributed by atoms with E-state index in [9.17, 15) is 26.3 Å². The Hall–Kier alpha value is -3.20. The van der Waals surface area contributed by atoms with Crippen LogP contribution in [0.4, 0.5) is 26.3 Å². The van der Waals surface area contributed by atoms with Gasteiger partial charge in [-0.25, -0.2) is 9.59 Å². The van der Waals surface area contributed by atoms with Gasteiger partial charge in [0, 0.05) is 63.4 Å². The van der Waals surface area contributed by atoms with Crippen molar-refractivity contribution in [3.05, 3.63) is 47.5 Å². The summed E-state index contributed by atoms with van der Waals surface area (Å²) in [5, 5.41) is 18.6. The van der Waals surface area contributed by atoms with Gasteiger partial charge >= 0.3 is 24.3 Å². The van der Waals surface area contributed by atoms with Crippen LogP contribution in [-0.4, -0.2) is 74.4 Å². The third-order valence-corrected chi connectivity index (χ3v) is 4.33. The number of pyridine rings is 1. The molecule has 0 saturated carbocycles. The zero-order valence-electron chi connectivity index (χ0n) is 18.0. The van der Waals surface area contributed by atoms with Crippen molar-refractivity contribution in [3.63, 3.8) is 0 Å². The van der Waals surface area contributed by atoms with E-state index in [0.29, 0.717) is 5.92 Å². The van der Waals surface area contributed by atoms with Crippen LogP contribution in [0, 0.1) is 0 Å². The van der Waals surface area contributed by atoms with Crippen molar-refractivity contribution < 1.29 is 50.9 Å². The van der Waals surface area contributed by atoms with Crippen molar-refractivity contribution in [1.82, 2.24) is 19.7 Å². The van der Waals surface area contributed by atoms with Crippen molar-refractivity contribution in [2.45, 2.75) is 31.4 Å². The molecule has 0 radical (unpaired) electrons. The number of hydrogen-bond donors (Lipinski definition) is 2. The Kier molecular flexibility index (Phi) is 10.4. The minimum Gasteiger partial charge on any atom is -0.475 e. The van der Waals surface area contributed by atoms with Crippen LogP contribution in [0.1, 0.15) is 22.7 Å². The van der Waals surface area contributed by atoms with Crippen LogP contribution in [0.15, 0.2) is 30.7 Å². The first-order chi connectivity index (χ1) is 15.7. The van der Waals surface area contributed by atoms with E-state index in [2.05, 4.69) is 27.1 Å². The van der Waals surface area contributed by atoms with Crippen molar-refractivity contribution in [1.29, 1.82) is 0 Å². The van der Waals surface area contributed by atoms with Crippen LogP contribution in [0.3, 0.4) is 0 Å². The number of fused-ring (bicyclic) bond motifs is 1. The maximum Gasteiger partial charge on any atom is 0.490 e. The second-order valence-electron chi connectivity index (χ2n) is 6.96. The van der Waals surface area contributed by atoms with Gasteiger partial charge in [-0.05, 0) is 17.7 Å². The molecular formula is C19H22F6N4O5. The molecule has 0 bridgehead atoms. The largest absolute Gasteiger partial charge is 0.490 e. The van der Waals surface area contributed by atoms with Crippen LogP contribution in [0.2, 0.25) is 0 Å². The average molecular weight is 500 g/mol. The van der Waals surface area contributed by atoms with E-state index in [4.69, 9.17) is 24.5 Å². The molecule has 0 aliphatic carbocycles. The molecule has 3 heterocycles. The molecule has 34 heavy (non-hydrogen) atoms. The number of aromatic nitrogens is 3. The highest BCUT2D eigenvalue weighted by molar-refractivity contribution is 5.73. The van der Waals surface area contributed by atoms with Crippen LogP contribution < -0.4 is 0 Å². The summed E-state index contributed by atoms with van der Waals surface area (Å²) in [5.74, 6) is -5.13. The lowest BCUT2D eigenvalue weighted by Crippen LogP contribution is -2.35. The molecule has 1 aliphatic heterocycles. The lowest BCUT2D eigenvalue weighted by molar-refractivity contribution is -0.193. The van der Waals surface area contributed by atoms with Gasteiger partial charge in [0.15, 0.2) is 0 Å². The lowest BCUT2D eigenvalue weighted by Gasteiger charge is -2.32. The molecule has 2 aromatic rings. The van der Waals surface area contributed by atoms with E-state index in [1.54, 1.807) is 7.11 Å². The minimum absolute atomic E-state index is 0.387. The molecule has 0 saturated heterocycles. The number of ether oxygens (including phenoxy) is 1. The lowest BCUT2D eigenvalue weighted by atomic mass is 9.96. The molecule has 1 atom stereocenters. The number of methoxy groups -OCH3 is 1. The first kappa shape index (κ1) is 28.8. The maximum atomic E-state index is 10.6. The molecule has 0 amide bonds. The number of carboxylic acid groups (broad SMARTS) is 2. The number of nitrogens with zero attached hydrogens (tertiary/aromatic N) is 4. The third kappa shape index (κ3) is 9.35. The molecule has 3 rings (SSSR count). The number of aliphatic carboxylic acids is 2. The number of carbonyl (C=O) groups is 2. The summed E-state index contributed by atoms with van der Waals surface area (Å²) < 4.78 is 70.8. The van der Waals surface area contributed by atoms with E-state index >= 15 is 0 Å². The maximum absolute atomic E-state index is 10.6. The average Bonchev–Trinajstić information content (AvgIpc) is 3.09. The van der Waals surface area contributed by atoms with E-state index in [-0.39, 0.29) is 0 Å². The second-order valence-corrected chi connectivity index (χ2v) is 6.96. The fraction of sp³-hybridized carbons (Fsp3) is 0.474. The highest BCUT2D eigenvalue weighted by Crippen LogP contribution is 2.28. The number of hydrogen-bond acceptors (Lipinski definition) is 6. The van der Waals surface area contributed by atoms with Crippen LogP contribution in [0.25, 0.3) is 0 Å². The molecule has 15 heteroatoms. The standard InChI is InChI=1S/C15H20N4O.2C2HF3O2/c1-18-15-13(7-17-18)9-19(10-14(15)11-20-2)8-12-3-5-16-6-4-12;2*3-2(4,5)1(6)7/h3-7,14H,8-11H2,1-2H3;2*(H,6,7). The first-order valence-electron chi connectivity index (χ1n) is 9.38. The van der Waals surface area contributed by atoms with Crippen molar-refractivity contribution in [3.8, 4) is 0 Å². The molecule has 1 aliphatic rings. The van der Waals surface area contributed by atoms with Gasteiger partial charge in [0.05, 0.1) is 12.8 Å². The van der Waals surface area contributed by atoms with Crippen molar-refractivity contribution >= 4 is 11.9 Å². The summed E-state index contributed by atoms with van der Waals surface area (Å²) in [6.45, 7) is 3.63. The van der Waals surface area contributed by atoms with Crippen molar-refractivity contribution in [2.75, 3.05) is 20.3 Å². The minimum atomic E-state index is -5.08. The summed E-state index contributed by atoms with van der Waals surface area (Å²) >= 11 is 0. The van der Waals surface area contributed by atoms with E-state index in [0.717, 1.165) is 26.2 Å². The smallest absolute Gasteiger partial charge is 0.475 e. The summed E-state index contributed by atoms with van der Waals surface area (Å²) in [6, 6.07) is 4.15. The highest BCUT2D eigenvalue weighted by Gasteiger charge is 2.38. The topological polar surface area (TPSA) is 118 Å². The Balaban J connectivity index is 0.000000343. The monoisotopic (exact) mass is 500 g/mol. The number of alkyl halides is 6. The SMILES string of the molecule is COCC1CN(Cc2ccncc2)Cc2cnn(C)c21.O=C(O)C(F)(F)F.O=C(O)C(F)(F)F. The highest BCUT2D eigenvalue weighted by atomic mass is 19.4. The van der Waals surface area contributed by atoms with Gasteiger partial charge in [-0.3, -0.25) is 14.6 Å². The Labute approximate surface area is 189 Å². The van der Waals surface area contributed by atoms with Crippen LogP contribution >= 0.6 is 0 Å². The predicted octanol–water partition coefficient (Wildman–Crippen LogP) is 2.83. The number of rotatable bonds is 4. The predicted molar refractivity (Wildman–Crippen MR) is 104 cm³/mol. The molecule has 0 fully saturated rings. The van der Waals surface area contributed by atoms with Crippen LogP contribution in [0.5, 0.6) is 0 Å². The van der Waals surface area contributed by atoms with Gasteiger partial charge in [0.25, 0.3) is 0 Å². The van der Waals surface area contributed by atoms with Crippen LogP contribution in [-0.2, 0) is 34.5 Å². The van der Waals surface area contributed by atoms with E-state index in [1.807, 2.05) is 30.3 Å². The third-order valence-electron chi connectivity index (χ3n) is 4.33. The summed E-state index contributed by atoms with van der Waals surface area (Å²) in [4.78, 5) is 24.3. The summed E-state index contributed by atoms with van der Waals surface area (Å²) in [6.07, 6.45) is -4.49. The Morgan fingerprint density at radius 3 is 2.03 bits per heavy atom. The normalized spacial score (nSPS) is 15.8. The Bertz CT molecular complexity index is 909. The number of halogens is 6. The zero-order chi connectivity index (χ0) is 26.1. The second kappa shape index (κ2) is 12.3. The fourth-order valence-electron chi connectivity index (χ4n) is 3.04. The van der Waals surface area contributed by atoms with Gasteiger partial charge in [0.1, 0.15) is 0 Å². The number of carboxylic acids is 2. The van der Waals surface area contributed by atoms with Crippen molar-refractivity contribution in [2.24, 2.45) is 7.05 Å². The van der Waals surface area contributed by atoms with E-state index < -0.39 is 24.3 Å². The fourth-order valence-corrected chi connectivity index (χ4v) is 3.04. The van der Waals surface area contributed by atoms with Gasteiger partial charge in [-0.2, -0.15) is 31.4 Å². The van der Waals surface area contributed by atoms with Gasteiger partial charge in [-0.15, -0.1) is 0 Å². The first-order valence-corrected chi connectivity index (χ1v) is 9.38. The summed E-state index contributed by atoms with van der Waals surface area (Å²) in [7, 11) is 3.78. The zero-order valence-corrected chi connectivity index (χ0v) is 18.0.